The van der Waals surface area contributed by atoms with E-state index in [0.717, 1.165) is 30.8 Å². The molecule has 2 aromatic rings. The number of rotatable bonds is 7. The highest BCUT2D eigenvalue weighted by Crippen LogP contribution is 2.04. The Balaban J connectivity index is 1.82. The van der Waals surface area contributed by atoms with Crippen molar-refractivity contribution in [2.45, 2.75) is 32.4 Å². The van der Waals surface area contributed by atoms with E-state index in [4.69, 9.17) is 0 Å². The zero-order valence-electron chi connectivity index (χ0n) is 11.2. The van der Waals surface area contributed by atoms with Gasteiger partial charge in [0.2, 0.25) is 0 Å². The molecular weight excluding hydrogens is 240 g/mol. The molecule has 0 bridgehead atoms. The first-order valence-corrected chi connectivity index (χ1v) is 6.65. The van der Waals surface area contributed by atoms with Crippen LogP contribution in [0.4, 0.5) is 0 Å². The van der Waals surface area contributed by atoms with Crippen molar-refractivity contribution in [3.63, 3.8) is 0 Å². The van der Waals surface area contributed by atoms with Crippen LogP contribution in [0.1, 0.15) is 25.5 Å². The number of aliphatic hydroxyl groups is 1. The highest BCUT2D eigenvalue weighted by atomic mass is 16.3. The molecule has 0 radical (unpaired) electrons. The van der Waals surface area contributed by atoms with Crippen LogP contribution in [0, 0.1) is 0 Å². The third kappa shape index (κ3) is 4.15. The van der Waals surface area contributed by atoms with Crippen LogP contribution in [0.3, 0.4) is 0 Å². The Labute approximate surface area is 113 Å². The van der Waals surface area contributed by atoms with Crippen molar-refractivity contribution in [2.24, 2.45) is 0 Å². The van der Waals surface area contributed by atoms with Crippen LogP contribution >= 0.6 is 0 Å². The molecule has 0 aliphatic heterocycles. The average molecular weight is 260 g/mol. The number of para-hydroxylation sites is 1. The molecule has 0 saturated heterocycles. The van der Waals surface area contributed by atoms with Crippen LogP contribution in [0.2, 0.25) is 0 Å². The fourth-order valence-corrected chi connectivity index (χ4v) is 1.75. The summed E-state index contributed by atoms with van der Waals surface area (Å²) in [6, 6.07) is 9.82. The van der Waals surface area contributed by atoms with Gasteiger partial charge in [0, 0.05) is 6.54 Å². The molecule has 19 heavy (non-hydrogen) atoms. The molecule has 1 aromatic carbocycles. The van der Waals surface area contributed by atoms with Gasteiger partial charge in [0.05, 0.1) is 23.7 Å². The van der Waals surface area contributed by atoms with Crippen molar-refractivity contribution < 1.29 is 5.11 Å². The second kappa shape index (κ2) is 7.01. The van der Waals surface area contributed by atoms with Gasteiger partial charge in [-0.1, -0.05) is 25.1 Å². The summed E-state index contributed by atoms with van der Waals surface area (Å²) in [6.45, 7) is 3.44. The molecule has 2 N–H and O–H groups in total. The summed E-state index contributed by atoms with van der Waals surface area (Å²) >= 11 is 0. The van der Waals surface area contributed by atoms with Gasteiger partial charge in [-0.2, -0.15) is 15.0 Å². The lowest BCUT2D eigenvalue weighted by Gasteiger charge is -2.07. The Morgan fingerprint density at radius 2 is 2.11 bits per heavy atom. The maximum Gasteiger partial charge on any atom is 0.0969 e. The van der Waals surface area contributed by atoms with Crippen LogP contribution in [0.25, 0.3) is 5.69 Å². The summed E-state index contributed by atoms with van der Waals surface area (Å²) < 4.78 is 0. The fourth-order valence-electron chi connectivity index (χ4n) is 1.75. The highest BCUT2D eigenvalue weighted by Gasteiger charge is 2.03. The van der Waals surface area contributed by atoms with Gasteiger partial charge in [-0.25, -0.2) is 0 Å². The first-order chi connectivity index (χ1) is 9.29. The van der Waals surface area contributed by atoms with Crippen molar-refractivity contribution in [2.75, 3.05) is 6.54 Å². The normalized spacial score (nSPS) is 12.5. The first-order valence-electron chi connectivity index (χ1n) is 6.65. The lowest BCUT2D eigenvalue weighted by Crippen LogP contribution is -2.20. The van der Waals surface area contributed by atoms with E-state index in [-0.39, 0.29) is 6.10 Å². The predicted octanol–water partition coefficient (Wildman–Crippen LogP) is 1.52. The van der Waals surface area contributed by atoms with Gasteiger partial charge >= 0.3 is 0 Å². The van der Waals surface area contributed by atoms with E-state index >= 15 is 0 Å². The minimum Gasteiger partial charge on any atom is -0.393 e. The minimum absolute atomic E-state index is 0.215. The number of benzene rings is 1. The van der Waals surface area contributed by atoms with Crippen LogP contribution in [-0.2, 0) is 6.54 Å². The molecule has 0 fully saturated rings. The summed E-state index contributed by atoms with van der Waals surface area (Å²) in [5, 5.41) is 21.3. The summed E-state index contributed by atoms with van der Waals surface area (Å²) in [7, 11) is 0. The molecule has 1 heterocycles. The van der Waals surface area contributed by atoms with Crippen molar-refractivity contribution in [3.05, 3.63) is 42.2 Å². The Hall–Kier alpha value is -1.72. The standard InChI is InChI=1S/C14H20N4O/c1-2-14(19)8-9-15-10-12-11-16-18(17-12)13-6-4-3-5-7-13/h3-7,11,14-15,19H,2,8-10H2,1H3. The Morgan fingerprint density at radius 1 is 1.32 bits per heavy atom. The highest BCUT2D eigenvalue weighted by molar-refractivity contribution is 5.28. The molecule has 5 heteroatoms. The topological polar surface area (TPSA) is 63.0 Å². The number of aliphatic hydroxyl groups excluding tert-OH is 1. The minimum atomic E-state index is -0.215. The molecule has 0 aliphatic rings. The Kier molecular flexibility index (Phi) is 5.06. The van der Waals surface area contributed by atoms with E-state index in [1.807, 2.05) is 37.3 Å². The van der Waals surface area contributed by atoms with Gasteiger partial charge in [0.25, 0.3) is 0 Å². The number of nitrogens with one attached hydrogen (secondary N) is 1. The lowest BCUT2D eigenvalue weighted by molar-refractivity contribution is 0.159. The number of nitrogens with zero attached hydrogens (tertiary/aromatic N) is 3. The van der Waals surface area contributed by atoms with E-state index in [1.54, 1.807) is 11.0 Å². The molecule has 1 aromatic heterocycles. The van der Waals surface area contributed by atoms with Gasteiger partial charge in [-0.15, -0.1) is 0 Å². The van der Waals surface area contributed by atoms with Gasteiger partial charge < -0.3 is 10.4 Å². The fraction of sp³-hybridized carbons (Fsp3) is 0.429. The van der Waals surface area contributed by atoms with Crippen molar-refractivity contribution >= 4 is 0 Å². The maximum atomic E-state index is 9.44. The summed E-state index contributed by atoms with van der Waals surface area (Å²) in [4.78, 5) is 1.62. The monoisotopic (exact) mass is 260 g/mol. The average Bonchev–Trinajstić information content (AvgIpc) is 2.93. The van der Waals surface area contributed by atoms with Crippen LogP contribution in [0.5, 0.6) is 0 Å². The van der Waals surface area contributed by atoms with Crippen molar-refractivity contribution in [3.8, 4) is 5.69 Å². The third-order valence-electron chi connectivity index (χ3n) is 2.96. The molecule has 0 saturated carbocycles. The largest absolute Gasteiger partial charge is 0.393 e. The molecule has 0 spiro atoms. The molecule has 102 valence electrons. The zero-order chi connectivity index (χ0) is 13.5. The second-order valence-corrected chi connectivity index (χ2v) is 4.49. The molecule has 1 atom stereocenters. The smallest absolute Gasteiger partial charge is 0.0969 e. The molecule has 0 aliphatic carbocycles. The summed E-state index contributed by atoms with van der Waals surface area (Å²) in [5.74, 6) is 0. The predicted molar refractivity (Wildman–Crippen MR) is 74.0 cm³/mol. The molecule has 1 unspecified atom stereocenters. The second-order valence-electron chi connectivity index (χ2n) is 4.49. The van der Waals surface area contributed by atoms with E-state index in [0.29, 0.717) is 6.54 Å². The number of hydrogen-bond donors (Lipinski definition) is 2. The molecular formula is C14H20N4O. The van der Waals surface area contributed by atoms with Crippen LogP contribution in [-0.4, -0.2) is 32.7 Å². The number of aromatic nitrogens is 3. The quantitative estimate of drug-likeness (QED) is 0.741. The van der Waals surface area contributed by atoms with Crippen LogP contribution in [0.15, 0.2) is 36.5 Å². The van der Waals surface area contributed by atoms with Crippen LogP contribution < -0.4 is 5.32 Å². The maximum absolute atomic E-state index is 9.44. The van der Waals surface area contributed by atoms with Crippen molar-refractivity contribution in [1.29, 1.82) is 0 Å². The Bertz CT molecular complexity index is 483. The molecule has 0 amide bonds. The molecule has 5 nitrogen and oxygen atoms in total. The lowest BCUT2D eigenvalue weighted by atomic mass is 10.2. The van der Waals surface area contributed by atoms with Gasteiger partial charge in [0.1, 0.15) is 0 Å². The summed E-state index contributed by atoms with van der Waals surface area (Å²) in [5.41, 5.74) is 1.85. The van der Waals surface area contributed by atoms with E-state index in [9.17, 15) is 5.11 Å². The SMILES string of the molecule is CCC(O)CCNCc1cnn(-c2ccccc2)n1. The van der Waals surface area contributed by atoms with Crippen molar-refractivity contribution in [1.82, 2.24) is 20.3 Å². The Morgan fingerprint density at radius 3 is 2.84 bits per heavy atom. The van der Waals surface area contributed by atoms with E-state index < -0.39 is 0 Å². The van der Waals surface area contributed by atoms with E-state index in [2.05, 4.69) is 15.5 Å². The van der Waals surface area contributed by atoms with Gasteiger partial charge in [-0.05, 0) is 31.5 Å². The summed E-state index contributed by atoms with van der Waals surface area (Å²) in [6.07, 6.45) is 3.11. The zero-order valence-corrected chi connectivity index (χ0v) is 11.2. The number of hydrogen-bond acceptors (Lipinski definition) is 4. The first kappa shape index (κ1) is 13.7. The molecule has 2 rings (SSSR count). The van der Waals surface area contributed by atoms with Gasteiger partial charge in [0.15, 0.2) is 0 Å². The third-order valence-corrected chi connectivity index (χ3v) is 2.96. The van der Waals surface area contributed by atoms with Gasteiger partial charge in [-0.3, -0.25) is 0 Å². The van der Waals surface area contributed by atoms with E-state index in [1.165, 1.54) is 0 Å².